The van der Waals surface area contributed by atoms with Crippen molar-refractivity contribution >= 4 is 102 Å². The molecule has 46 heavy (non-hydrogen) atoms. The second-order valence-corrected chi connectivity index (χ2v) is 13.7. The van der Waals surface area contributed by atoms with E-state index in [2.05, 4.69) is 157 Å². The van der Waals surface area contributed by atoms with Crippen molar-refractivity contribution in [2.75, 3.05) is 4.90 Å². The van der Waals surface area contributed by atoms with Gasteiger partial charge in [-0.05, 0) is 54.6 Å². The molecule has 0 unspecified atom stereocenters. The van der Waals surface area contributed by atoms with Gasteiger partial charge < -0.3 is 9.32 Å². The Labute approximate surface area is 273 Å². The number of furan rings is 1. The number of benzene rings is 7. The van der Waals surface area contributed by atoms with Crippen LogP contribution in [0, 0.1) is 0 Å². The third-order valence-corrected chi connectivity index (χ3v) is 11.5. The van der Waals surface area contributed by atoms with Gasteiger partial charge in [0.2, 0.25) is 0 Å². The number of hydrogen-bond acceptors (Lipinski definition) is 4. The van der Waals surface area contributed by atoms with Crippen molar-refractivity contribution in [3.63, 3.8) is 0 Å². The summed E-state index contributed by atoms with van der Waals surface area (Å²) in [5, 5.41) is 7.32. The number of thiophene rings is 2. The van der Waals surface area contributed by atoms with Crippen molar-refractivity contribution in [3.05, 3.63) is 152 Å². The van der Waals surface area contributed by atoms with Gasteiger partial charge in [-0.3, -0.25) is 0 Å². The molecule has 0 saturated carbocycles. The van der Waals surface area contributed by atoms with Crippen LogP contribution in [0.3, 0.4) is 0 Å². The summed E-state index contributed by atoms with van der Waals surface area (Å²) in [6, 6.07) is 54.5. The van der Waals surface area contributed by atoms with E-state index in [0.717, 1.165) is 33.3 Å². The molecular formula is C42H25NOS2. The summed E-state index contributed by atoms with van der Waals surface area (Å²) < 4.78 is 11.7. The summed E-state index contributed by atoms with van der Waals surface area (Å²) in [7, 11) is 0. The first-order chi connectivity index (χ1) is 22.8. The Balaban J connectivity index is 1.35. The first-order valence-corrected chi connectivity index (χ1v) is 17.1. The molecular weight excluding hydrogens is 599 g/mol. The lowest BCUT2D eigenvalue weighted by atomic mass is 9.96. The maximum absolute atomic E-state index is 6.61. The molecule has 10 rings (SSSR count). The molecule has 0 atom stereocenters. The fourth-order valence-electron chi connectivity index (χ4n) is 7.06. The van der Waals surface area contributed by atoms with Crippen LogP contribution in [0.4, 0.5) is 17.1 Å². The Morgan fingerprint density at radius 2 is 0.978 bits per heavy atom. The molecule has 0 aliphatic heterocycles. The summed E-state index contributed by atoms with van der Waals surface area (Å²) in [4.78, 5) is 2.40. The molecule has 3 aromatic heterocycles. The maximum Gasteiger partial charge on any atom is 0.144 e. The zero-order chi connectivity index (χ0) is 30.2. The molecule has 216 valence electrons. The van der Waals surface area contributed by atoms with Gasteiger partial charge in [0, 0.05) is 73.6 Å². The highest BCUT2D eigenvalue weighted by Crippen LogP contribution is 2.52. The smallest absolute Gasteiger partial charge is 0.144 e. The fraction of sp³-hybridized carbons (Fsp3) is 0. The number of hydrogen-bond donors (Lipinski definition) is 0. The second kappa shape index (κ2) is 10.0. The molecule has 0 radical (unpaired) electrons. The van der Waals surface area contributed by atoms with Crippen molar-refractivity contribution in [1.29, 1.82) is 0 Å². The van der Waals surface area contributed by atoms with Gasteiger partial charge >= 0.3 is 0 Å². The Hall–Kier alpha value is -5.42. The van der Waals surface area contributed by atoms with E-state index in [0.29, 0.717) is 0 Å². The van der Waals surface area contributed by atoms with Crippen molar-refractivity contribution < 1.29 is 4.42 Å². The van der Waals surface area contributed by atoms with Gasteiger partial charge in [-0.15, -0.1) is 22.7 Å². The van der Waals surface area contributed by atoms with Crippen LogP contribution < -0.4 is 4.90 Å². The molecule has 0 saturated heterocycles. The number of anilines is 3. The van der Waals surface area contributed by atoms with Crippen LogP contribution in [0.25, 0.3) is 73.4 Å². The molecule has 2 nitrogen and oxygen atoms in total. The Kier molecular flexibility index (Phi) is 5.65. The van der Waals surface area contributed by atoms with E-state index in [1.165, 1.54) is 57.2 Å². The summed E-state index contributed by atoms with van der Waals surface area (Å²) in [5.74, 6) is 0. The fourth-order valence-corrected chi connectivity index (χ4v) is 9.54. The van der Waals surface area contributed by atoms with Gasteiger partial charge in [0.25, 0.3) is 0 Å². The largest absolute Gasteiger partial charge is 0.455 e. The van der Waals surface area contributed by atoms with Crippen LogP contribution in [-0.4, -0.2) is 0 Å². The Bertz CT molecular complexity index is 2710. The first kappa shape index (κ1) is 25.9. The van der Waals surface area contributed by atoms with Crippen LogP contribution >= 0.6 is 22.7 Å². The molecule has 3 heterocycles. The predicted molar refractivity (Wildman–Crippen MR) is 200 cm³/mol. The minimum atomic E-state index is 0.926. The lowest BCUT2D eigenvalue weighted by molar-refractivity contribution is 0.673. The van der Waals surface area contributed by atoms with E-state index < -0.39 is 0 Å². The quantitative estimate of drug-likeness (QED) is 0.194. The van der Waals surface area contributed by atoms with Crippen molar-refractivity contribution in [1.82, 2.24) is 0 Å². The average Bonchev–Trinajstić information content (AvgIpc) is 3.81. The summed E-state index contributed by atoms with van der Waals surface area (Å²) >= 11 is 3.75. The number of para-hydroxylation sites is 3. The monoisotopic (exact) mass is 623 g/mol. The second-order valence-electron chi connectivity index (χ2n) is 11.6. The molecule has 0 bridgehead atoms. The normalized spacial score (nSPS) is 11.9. The minimum absolute atomic E-state index is 0.926. The van der Waals surface area contributed by atoms with Crippen molar-refractivity contribution in [2.45, 2.75) is 0 Å². The third-order valence-electron chi connectivity index (χ3n) is 9.05. The SMILES string of the molecule is c1ccc(N(c2ccccc2)c2ccc(-c3cc4c5ccccc5oc4c4c3sc3ccccc34)c3sc4ccccc4c23)cc1. The van der Waals surface area contributed by atoms with E-state index in [1.54, 1.807) is 0 Å². The third kappa shape index (κ3) is 3.75. The van der Waals surface area contributed by atoms with Crippen LogP contribution in [-0.2, 0) is 0 Å². The van der Waals surface area contributed by atoms with E-state index in [9.17, 15) is 0 Å². The topological polar surface area (TPSA) is 16.4 Å². The molecule has 10 aromatic rings. The summed E-state index contributed by atoms with van der Waals surface area (Å²) in [5.41, 5.74) is 7.86. The van der Waals surface area contributed by atoms with Gasteiger partial charge in [0.05, 0.1) is 5.69 Å². The number of fused-ring (bicyclic) bond motifs is 10. The standard InChI is InChI=1S/C42H25NOS2/c1-3-13-26(14-4-1)43(27-15-5-2-6-16-27)34-24-23-29(41-38(34)30-18-8-11-21-36(30)45-41)33-25-32-28-17-7-10-20-35(28)44-40(32)39-31-19-9-12-22-37(31)46-42(33)39/h1-25H. The molecule has 0 spiro atoms. The Morgan fingerprint density at radius 1 is 0.435 bits per heavy atom. The lowest BCUT2D eigenvalue weighted by Crippen LogP contribution is -2.10. The van der Waals surface area contributed by atoms with Crippen molar-refractivity contribution in [2.24, 2.45) is 0 Å². The van der Waals surface area contributed by atoms with Gasteiger partial charge in [-0.25, -0.2) is 0 Å². The Morgan fingerprint density at radius 3 is 1.65 bits per heavy atom. The minimum Gasteiger partial charge on any atom is -0.455 e. The van der Waals surface area contributed by atoms with Crippen molar-refractivity contribution in [3.8, 4) is 11.1 Å². The molecule has 0 aliphatic rings. The summed E-state index contributed by atoms with van der Waals surface area (Å²) in [6.07, 6.45) is 0. The van der Waals surface area contributed by atoms with Gasteiger partial charge in [0.1, 0.15) is 11.2 Å². The van der Waals surface area contributed by atoms with E-state index >= 15 is 0 Å². The highest BCUT2D eigenvalue weighted by molar-refractivity contribution is 7.27. The van der Waals surface area contributed by atoms with E-state index in [4.69, 9.17) is 4.42 Å². The lowest BCUT2D eigenvalue weighted by Gasteiger charge is -2.27. The molecule has 0 amide bonds. The summed E-state index contributed by atoms with van der Waals surface area (Å²) in [6.45, 7) is 0. The van der Waals surface area contributed by atoms with Crippen LogP contribution in [0.2, 0.25) is 0 Å². The number of nitrogens with zero attached hydrogens (tertiary/aromatic N) is 1. The van der Waals surface area contributed by atoms with Crippen LogP contribution in [0.1, 0.15) is 0 Å². The molecule has 4 heteroatoms. The molecule has 0 N–H and O–H groups in total. The van der Waals surface area contributed by atoms with E-state index in [1.807, 2.05) is 22.7 Å². The van der Waals surface area contributed by atoms with Gasteiger partial charge in [-0.2, -0.15) is 0 Å². The highest BCUT2D eigenvalue weighted by atomic mass is 32.1. The zero-order valence-electron chi connectivity index (χ0n) is 24.6. The van der Waals surface area contributed by atoms with E-state index in [-0.39, 0.29) is 0 Å². The average molecular weight is 624 g/mol. The number of rotatable bonds is 4. The molecule has 0 fully saturated rings. The zero-order valence-corrected chi connectivity index (χ0v) is 26.2. The highest BCUT2D eigenvalue weighted by Gasteiger charge is 2.24. The van der Waals surface area contributed by atoms with Crippen LogP contribution in [0.15, 0.2) is 156 Å². The maximum atomic E-state index is 6.61. The molecule has 7 aromatic carbocycles. The molecule has 0 aliphatic carbocycles. The predicted octanol–water partition coefficient (Wildman–Crippen LogP) is 13.5. The van der Waals surface area contributed by atoms with Gasteiger partial charge in [-0.1, -0.05) is 97.1 Å². The first-order valence-electron chi connectivity index (χ1n) is 15.4. The van der Waals surface area contributed by atoms with Gasteiger partial charge in [0.15, 0.2) is 0 Å². The van der Waals surface area contributed by atoms with Crippen LogP contribution in [0.5, 0.6) is 0 Å².